The Kier molecular flexibility index (Phi) is 5.21. The van der Waals surface area contributed by atoms with E-state index >= 15 is 0 Å². The van der Waals surface area contributed by atoms with Crippen LogP contribution in [-0.2, 0) is 4.74 Å². The first-order valence-corrected chi connectivity index (χ1v) is 10.3. The van der Waals surface area contributed by atoms with E-state index in [9.17, 15) is 18.0 Å². The Balaban J connectivity index is 1.91. The molecule has 3 aromatic heterocycles. The van der Waals surface area contributed by atoms with Crippen molar-refractivity contribution >= 4 is 39.5 Å². The molecule has 0 amide bonds. The zero-order valence-corrected chi connectivity index (χ0v) is 18.5. The second-order valence-corrected chi connectivity index (χ2v) is 7.83. The van der Waals surface area contributed by atoms with Crippen LogP contribution in [0.4, 0.5) is 13.2 Å². The molecule has 5 rings (SSSR count). The molecule has 2 aromatic carbocycles. The summed E-state index contributed by atoms with van der Waals surface area (Å²) in [5, 5.41) is 0.397. The van der Waals surface area contributed by atoms with Crippen molar-refractivity contribution in [1.29, 1.82) is 0 Å². The number of fused-ring (bicyclic) bond motifs is 2. The maximum atomic E-state index is 14.9. The molecule has 0 aliphatic rings. The quantitative estimate of drug-likeness (QED) is 0.240. The number of methoxy groups -OCH3 is 1. The molecule has 0 aliphatic heterocycles. The van der Waals surface area contributed by atoms with Gasteiger partial charge in [-0.05, 0) is 48.9 Å². The molecule has 34 heavy (non-hydrogen) atoms. The smallest absolute Gasteiger partial charge is 0.340 e. The molecule has 0 radical (unpaired) electrons. The van der Waals surface area contributed by atoms with E-state index < -0.39 is 23.6 Å². The highest BCUT2D eigenvalue weighted by Crippen LogP contribution is 2.35. The van der Waals surface area contributed by atoms with E-state index in [0.29, 0.717) is 17.0 Å². The van der Waals surface area contributed by atoms with Gasteiger partial charge in [0.1, 0.15) is 17.2 Å². The fourth-order valence-corrected chi connectivity index (χ4v) is 4.23. The van der Waals surface area contributed by atoms with Gasteiger partial charge in [-0.25, -0.2) is 23.5 Å². The number of pyridine rings is 2. The highest BCUT2D eigenvalue weighted by Gasteiger charge is 2.23. The Morgan fingerprint density at radius 3 is 2.56 bits per heavy atom. The minimum atomic E-state index is -1.28. The molecule has 0 aliphatic carbocycles. The molecule has 170 valence electrons. The van der Waals surface area contributed by atoms with Crippen molar-refractivity contribution < 1.29 is 22.7 Å². The summed E-state index contributed by atoms with van der Waals surface area (Å²) in [6.07, 6.45) is 2.59. The number of halogens is 4. The van der Waals surface area contributed by atoms with Gasteiger partial charge in [0, 0.05) is 18.0 Å². The highest BCUT2D eigenvalue weighted by atomic mass is 35.5. The fraction of sp³-hybridized carbons (Fsp3) is 0.0833. The van der Waals surface area contributed by atoms with Gasteiger partial charge in [0.05, 0.1) is 39.8 Å². The zero-order chi connectivity index (χ0) is 24.1. The Labute approximate surface area is 195 Å². The molecular weight excluding hydrogens is 469 g/mol. The summed E-state index contributed by atoms with van der Waals surface area (Å²) in [5.74, 6) is -3.33. The molecule has 0 spiro atoms. The molecule has 0 bridgehead atoms. The van der Waals surface area contributed by atoms with Gasteiger partial charge in [-0.1, -0.05) is 11.6 Å². The van der Waals surface area contributed by atoms with Crippen LogP contribution in [-0.4, -0.2) is 32.6 Å². The van der Waals surface area contributed by atoms with E-state index in [1.807, 2.05) is 0 Å². The van der Waals surface area contributed by atoms with E-state index in [0.717, 1.165) is 6.20 Å². The molecule has 0 saturated carbocycles. The Hall–Kier alpha value is -3.98. The first kappa shape index (κ1) is 21.8. The standard InChI is InChI=1S/C24H14ClF3N4O2/c1-11-31-21-14(24(33)34-2)9-12(13-5-7-30-23(28)20(13)27)10-18(21)32(11)17-6-8-29-22-15(25)3-4-16(26)19(17)22/h3-10H,1-2H3. The number of hydrogen-bond acceptors (Lipinski definition) is 5. The number of imidazole rings is 1. The van der Waals surface area contributed by atoms with E-state index in [1.54, 1.807) is 17.6 Å². The second-order valence-electron chi connectivity index (χ2n) is 7.42. The van der Waals surface area contributed by atoms with Gasteiger partial charge in [-0.15, -0.1) is 0 Å². The Morgan fingerprint density at radius 1 is 1.03 bits per heavy atom. The van der Waals surface area contributed by atoms with Gasteiger partial charge in [0.25, 0.3) is 0 Å². The number of benzene rings is 2. The van der Waals surface area contributed by atoms with E-state index in [2.05, 4.69) is 15.0 Å². The van der Waals surface area contributed by atoms with Crippen LogP contribution in [0.2, 0.25) is 5.02 Å². The minimum absolute atomic E-state index is 0.0327. The van der Waals surface area contributed by atoms with E-state index in [-0.39, 0.29) is 38.1 Å². The predicted molar refractivity (Wildman–Crippen MR) is 121 cm³/mol. The van der Waals surface area contributed by atoms with Gasteiger partial charge in [-0.2, -0.15) is 4.39 Å². The number of nitrogens with zero attached hydrogens (tertiary/aromatic N) is 4. The lowest BCUT2D eigenvalue weighted by Gasteiger charge is -2.13. The molecule has 0 saturated heterocycles. The van der Waals surface area contributed by atoms with E-state index in [1.165, 1.54) is 43.6 Å². The molecule has 0 atom stereocenters. The lowest BCUT2D eigenvalue weighted by Crippen LogP contribution is -2.04. The number of rotatable bonds is 3. The fourth-order valence-electron chi connectivity index (χ4n) is 4.02. The number of esters is 1. The van der Waals surface area contributed by atoms with Gasteiger partial charge >= 0.3 is 5.97 Å². The normalized spacial score (nSPS) is 11.4. The lowest BCUT2D eigenvalue weighted by atomic mass is 10.0. The molecule has 6 nitrogen and oxygen atoms in total. The number of aryl methyl sites for hydroxylation is 1. The van der Waals surface area contributed by atoms with Crippen LogP contribution in [0.1, 0.15) is 16.2 Å². The maximum absolute atomic E-state index is 14.9. The Bertz CT molecular complexity index is 1630. The summed E-state index contributed by atoms with van der Waals surface area (Å²) >= 11 is 6.25. The van der Waals surface area contributed by atoms with Crippen LogP contribution in [0.15, 0.2) is 48.8 Å². The van der Waals surface area contributed by atoms with Crippen molar-refractivity contribution in [2.24, 2.45) is 0 Å². The predicted octanol–water partition coefficient (Wildman–Crippen LogP) is 5.80. The van der Waals surface area contributed by atoms with Crippen molar-refractivity contribution in [2.45, 2.75) is 6.92 Å². The molecule has 10 heteroatoms. The summed E-state index contributed by atoms with van der Waals surface area (Å²) in [6, 6.07) is 8.40. The average molecular weight is 483 g/mol. The molecule has 3 heterocycles. The summed E-state index contributed by atoms with van der Waals surface area (Å²) in [5.41, 5.74) is 1.30. The zero-order valence-electron chi connectivity index (χ0n) is 17.7. The minimum Gasteiger partial charge on any atom is -0.465 e. The number of carbonyl (C=O) groups is 1. The van der Waals surface area contributed by atoms with Crippen LogP contribution in [0.5, 0.6) is 0 Å². The van der Waals surface area contributed by atoms with Crippen LogP contribution < -0.4 is 0 Å². The van der Waals surface area contributed by atoms with Crippen LogP contribution in [0.25, 0.3) is 38.8 Å². The summed E-state index contributed by atoms with van der Waals surface area (Å²) in [7, 11) is 1.20. The summed E-state index contributed by atoms with van der Waals surface area (Å²) in [6.45, 7) is 1.67. The van der Waals surface area contributed by atoms with Crippen LogP contribution in [0, 0.1) is 24.5 Å². The monoisotopic (exact) mass is 482 g/mol. The summed E-state index contributed by atoms with van der Waals surface area (Å²) in [4.78, 5) is 24.6. The number of ether oxygens (including phenoxy) is 1. The van der Waals surface area contributed by atoms with Gasteiger partial charge < -0.3 is 4.74 Å². The Morgan fingerprint density at radius 2 is 1.79 bits per heavy atom. The van der Waals surface area contributed by atoms with E-state index in [4.69, 9.17) is 16.3 Å². The number of carbonyl (C=O) groups excluding carboxylic acids is 1. The largest absolute Gasteiger partial charge is 0.465 e. The van der Waals surface area contributed by atoms with Crippen molar-refractivity contribution in [3.8, 4) is 16.8 Å². The molecule has 5 aromatic rings. The third-order valence-electron chi connectivity index (χ3n) is 5.50. The lowest BCUT2D eigenvalue weighted by molar-refractivity contribution is 0.0603. The second kappa shape index (κ2) is 8.11. The molecule has 0 N–H and O–H groups in total. The molecule has 0 unspecified atom stereocenters. The van der Waals surface area contributed by atoms with Crippen molar-refractivity contribution in [2.75, 3.05) is 7.11 Å². The first-order chi connectivity index (χ1) is 16.3. The van der Waals surface area contributed by atoms with Crippen LogP contribution in [0.3, 0.4) is 0 Å². The van der Waals surface area contributed by atoms with Gasteiger partial charge in [0.15, 0.2) is 5.82 Å². The van der Waals surface area contributed by atoms with Crippen molar-refractivity contribution in [3.05, 3.63) is 82.8 Å². The maximum Gasteiger partial charge on any atom is 0.340 e. The van der Waals surface area contributed by atoms with Crippen molar-refractivity contribution in [1.82, 2.24) is 19.5 Å². The van der Waals surface area contributed by atoms with Crippen molar-refractivity contribution in [3.63, 3.8) is 0 Å². The number of hydrogen-bond donors (Lipinski definition) is 0. The molecular formula is C24H14ClF3N4O2. The highest BCUT2D eigenvalue weighted by molar-refractivity contribution is 6.35. The van der Waals surface area contributed by atoms with Gasteiger partial charge in [0.2, 0.25) is 5.95 Å². The average Bonchev–Trinajstić information content (AvgIpc) is 3.17. The topological polar surface area (TPSA) is 69.9 Å². The third kappa shape index (κ3) is 3.28. The SMILES string of the molecule is COC(=O)c1cc(-c2ccnc(F)c2F)cc2c1nc(C)n2-c1ccnc2c(Cl)ccc(F)c12. The molecule has 0 fully saturated rings. The third-order valence-corrected chi connectivity index (χ3v) is 5.81. The number of aromatic nitrogens is 4. The van der Waals surface area contributed by atoms with Crippen LogP contribution >= 0.6 is 11.6 Å². The summed E-state index contributed by atoms with van der Waals surface area (Å²) < 4.78 is 49.9. The first-order valence-electron chi connectivity index (χ1n) is 9.96. The van der Waals surface area contributed by atoms with Gasteiger partial charge in [-0.3, -0.25) is 9.55 Å².